The van der Waals surface area contributed by atoms with E-state index in [0.29, 0.717) is 6.42 Å². The van der Waals surface area contributed by atoms with Crippen molar-refractivity contribution in [3.8, 4) is 0 Å². The van der Waals surface area contributed by atoms with Gasteiger partial charge in [-0.1, -0.05) is 26.8 Å². The SMILES string of the molecule is C=C1C(=O)[C@]23[C@H](O)[C@H]1C[C@H](O)[C@H]2[C@]12CCCC(C)(C)[C@H]1C(=O)[C@]3(O)[C@H]2O. The summed E-state index contributed by atoms with van der Waals surface area (Å²) in [4.78, 5) is 26.8. The summed E-state index contributed by atoms with van der Waals surface area (Å²) in [6.07, 6.45) is -1.60. The lowest BCUT2D eigenvalue weighted by Crippen LogP contribution is -2.70. The van der Waals surface area contributed by atoms with Gasteiger partial charge in [-0.15, -0.1) is 0 Å². The maximum Gasteiger partial charge on any atom is 0.172 e. The average molecular weight is 362 g/mol. The number of hydrogen-bond acceptors (Lipinski definition) is 6. The third-order valence-electron chi connectivity index (χ3n) is 8.84. The van der Waals surface area contributed by atoms with Gasteiger partial charge in [0, 0.05) is 23.2 Å². The quantitative estimate of drug-likeness (QED) is 0.450. The molecule has 4 bridgehead atoms. The molecule has 4 N–H and O–H groups in total. The minimum atomic E-state index is -2.36. The predicted octanol–water partition coefficient (Wildman–Crippen LogP) is -0.0294. The summed E-state index contributed by atoms with van der Waals surface area (Å²) >= 11 is 0. The normalized spacial score (nSPS) is 59.5. The number of ketones is 2. The fourth-order valence-electron chi connectivity index (χ4n) is 8.23. The molecule has 6 nitrogen and oxygen atoms in total. The Hall–Kier alpha value is -1.08. The van der Waals surface area contributed by atoms with Crippen LogP contribution in [0.25, 0.3) is 0 Å². The summed E-state index contributed by atoms with van der Waals surface area (Å²) in [5, 5.41) is 45.0. The van der Waals surface area contributed by atoms with Crippen LogP contribution in [0.1, 0.15) is 39.5 Å². The Morgan fingerprint density at radius 2 is 1.77 bits per heavy atom. The van der Waals surface area contributed by atoms with Crippen molar-refractivity contribution >= 4 is 11.6 Å². The Morgan fingerprint density at radius 3 is 2.42 bits per heavy atom. The van der Waals surface area contributed by atoms with Crippen molar-refractivity contribution in [3.05, 3.63) is 12.2 Å². The first-order chi connectivity index (χ1) is 12.0. The molecular formula is C20H26O6. The van der Waals surface area contributed by atoms with Crippen LogP contribution in [0.2, 0.25) is 0 Å². The van der Waals surface area contributed by atoms with Gasteiger partial charge in [0.05, 0.1) is 18.3 Å². The minimum Gasteiger partial charge on any atom is -0.393 e. The molecule has 0 aromatic heterocycles. The minimum absolute atomic E-state index is 0.156. The maximum absolute atomic E-state index is 13.5. The molecule has 5 rings (SSSR count). The molecule has 0 aromatic carbocycles. The van der Waals surface area contributed by atoms with Crippen molar-refractivity contribution in [3.63, 3.8) is 0 Å². The number of aliphatic hydroxyl groups is 4. The molecule has 5 saturated carbocycles. The second kappa shape index (κ2) is 4.32. The Morgan fingerprint density at radius 1 is 1.12 bits per heavy atom. The zero-order valence-electron chi connectivity index (χ0n) is 15.1. The molecule has 0 amide bonds. The summed E-state index contributed by atoms with van der Waals surface area (Å²) in [7, 11) is 0. The smallest absolute Gasteiger partial charge is 0.172 e. The van der Waals surface area contributed by atoms with Gasteiger partial charge in [-0.05, 0) is 30.3 Å². The second-order valence-corrected chi connectivity index (χ2v) is 9.98. The van der Waals surface area contributed by atoms with E-state index < -0.39 is 69.5 Å². The predicted molar refractivity (Wildman–Crippen MR) is 89.7 cm³/mol. The lowest BCUT2D eigenvalue weighted by molar-refractivity contribution is -0.217. The lowest BCUT2D eigenvalue weighted by Gasteiger charge is -2.59. The highest BCUT2D eigenvalue weighted by atomic mass is 16.4. The highest BCUT2D eigenvalue weighted by Crippen LogP contribution is 2.80. The molecule has 5 fully saturated rings. The van der Waals surface area contributed by atoms with Crippen molar-refractivity contribution in [1.82, 2.24) is 0 Å². The molecule has 0 unspecified atom stereocenters. The van der Waals surface area contributed by atoms with E-state index in [1.54, 1.807) is 0 Å². The number of Topliss-reactive ketones (excluding diaryl/α,β-unsaturated/α-hetero) is 2. The first kappa shape index (κ1) is 17.0. The van der Waals surface area contributed by atoms with Crippen molar-refractivity contribution < 1.29 is 30.0 Å². The van der Waals surface area contributed by atoms with E-state index in [9.17, 15) is 30.0 Å². The van der Waals surface area contributed by atoms with Gasteiger partial charge in [0.15, 0.2) is 17.2 Å². The van der Waals surface area contributed by atoms with Crippen LogP contribution in [0.5, 0.6) is 0 Å². The average Bonchev–Trinajstić information content (AvgIpc) is 2.90. The van der Waals surface area contributed by atoms with E-state index >= 15 is 0 Å². The lowest BCUT2D eigenvalue weighted by atomic mass is 9.44. The van der Waals surface area contributed by atoms with E-state index in [2.05, 4.69) is 6.58 Å². The maximum atomic E-state index is 13.5. The van der Waals surface area contributed by atoms with Gasteiger partial charge >= 0.3 is 0 Å². The molecule has 0 saturated heterocycles. The number of carbonyl (C=O) groups excluding carboxylic acids is 2. The summed E-state index contributed by atoms with van der Waals surface area (Å²) in [6.45, 7) is 7.68. The van der Waals surface area contributed by atoms with Gasteiger partial charge in [-0.25, -0.2) is 0 Å². The third kappa shape index (κ3) is 1.25. The zero-order valence-corrected chi connectivity index (χ0v) is 15.1. The van der Waals surface area contributed by atoms with Crippen LogP contribution in [0.3, 0.4) is 0 Å². The fraction of sp³-hybridized carbons (Fsp3) is 0.800. The van der Waals surface area contributed by atoms with Crippen LogP contribution >= 0.6 is 0 Å². The van der Waals surface area contributed by atoms with Crippen molar-refractivity contribution in [2.75, 3.05) is 0 Å². The third-order valence-corrected chi connectivity index (χ3v) is 8.84. The summed E-state index contributed by atoms with van der Waals surface area (Å²) in [5.41, 5.74) is -5.61. The summed E-state index contributed by atoms with van der Waals surface area (Å²) < 4.78 is 0. The summed E-state index contributed by atoms with van der Waals surface area (Å²) in [5.74, 6) is -3.25. The number of hydrogen-bond donors (Lipinski definition) is 4. The van der Waals surface area contributed by atoms with Crippen LogP contribution in [0.4, 0.5) is 0 Å². The van der Waals surface area contributed by atoms with Gasteiger partial charge in [0.25, 0.3) is 0 Å². The Labute approximate surface area is 151 Å². The molecular weight excluding hydrogens is 336 g/mol. The molecule has 5 aliphatic carbocycles. The largest absolute Gasteiger partial charge is 0.393 e. The molecule has 26 heavy (non-hydrogen) atoms. The number of carbonyl (C=O) groups is 2. The molecule has 9 atom stereocenters. The molecule has 6 heteroatoms. The Kier molecular flexibility index (Phi) is 2.83. The fourth-order valence-corrected chi connectivity index (χ4v) is 8.23. The number of fused-ring (bicyclic) bond motifs is 2. The highest BCUT2D eigenvalue weighted by Gasteiger charge is 2.93. The highest BCUT2D eigenvalue weighted by molar-refractivity contribution is 6.12. The van der Waals surface area contributed by atoms with Crippen LogP contribution in [-0.4, -0.2) is 55.9 Å². The molecule has 142 valence electrons. The van der Waals surface area contributed by atoms with Gasteiger partial charge in [-0.2, -0.15) is 0 Å². The van der Waals surface area contributed by atoms with Crippen molar-refractivity contribution in [2.24, 2.45) is 34.0 Å². The van der Waals surface area contributed by atoms with Gasteiger partial charge < -0.3 is 20.4 Å². The standard InChI is InChI=1S/C20H26O6/c1-8-9-7-10(21)11-18-6-4-5-17(2,3)12(18)15(24)20(26,16(18)25)19(11,13(8)22)14(9)23/h9-12,14,16,21,23,25-26H,1,4-7H2,2-3H3/t9-,10-,11-,12+,14+,16-,18+,19-,20-/m0/s1. The van der Waals surface area contributed by atoms with Gasteiger partial charge in [-0.3, -0.25) is 9.59 Å². The van der Waals surface area contributed by atoms with E-state index in [0.717, 1.165) is 12.8 Å². The molecule has 0 aromatic rings. The summed E-state index contributed by atoms with van der Waals surface area (Å²) in [6, 6.07) is 0. The molecule has 2 spiro atoms. The second-order valence-electron chi connectivity index (χ2n) is 9.98. The molecule has 5 aliphatic rings. The van der Waals surface area contributed by atoms with Gasteiger partial charge in [0.1, 0.15) is 5.41 Å². The van der Waals surface area contributed by atoms with Crippen LogP contribution in [0.15, 0.2) is 12.2 Å². The monoisotopic (exact) mass is 362 g/mol. The van der Waals surface area contributed by atoms with E-state index in [4.69, 9.17) is 0 Å². The van der Waals surface area contributed by atoms with Crippen LogP contribution < -0.4 is 0 Å². The van der Waals surface area contributed by atoms with Crippen molar-refractivity contribution in [1.29, 1.82) is 0 Å². The molecule has 0 aliphatic heterocycles. The first-order valence-corrected chi connectivity index (χ1v) is 9.55. The molecule has 0 radical (unpaired) electrons. The van der Waals surface area contributed by atoms with E-state index in [-0.39, 0.29) is 12.0 Å². The molecule has 0 heterocycles. The van der Waals surface area contributed by atoms with E-state index in [1.807, 2.05) is 13.8 Å². The first-order valence-electron chi connectivity index (χ1n) is 9.55. The Bertz CT molecular complexity index is 772. The van der Waals surface area contributed by atoms with Crippen molar-refractivity contribution in [2.45, 2.75) is 63.4 Å². The van der Waals surface area contributed by atoms with E-state index in [1.165, 1.54) is 0 Å². The topological polar surface area (TPSA) is 115 Å². The number of rotatable bonds is 0. The number of aliphatic hydroxyl groups excluding tert-OH is 3. The Balaban J connectivity index is 1.86. The van der Waals surface area contributed by atoms with Gasteiger partial charge in [0.2, 0.25) is 0 Å². The van der Waals surface area contributed by atoms with Crippen LogP contribution in [-0.2, 0) is 9.59 Å². The zero-order chi connectivity index (χ0) is 19.0. The van der Waals surface area contributed by atoms with Crippen LogP contribution in [0, 0.1) is 34.0 Å².